The lowest BCUT2D eigenvalue weighted by Crippen LogP contribution is -2.35. The molecule has 0 fully saturated rings. The van der Waals surface area contributed by atoms with Crippen LogP contribution in [0.25, 0.3) is 0 Å². The number of carbonyl (C=O) groups excluding carboxylic acids is 1. The predicted octanol–water partition coefficient (Wildman–Crippen LogP) is -0.280. The molecule has 0 bridgehead atoms. The van der Waals surface area contributed by atoms with E-state index in [1.54, 1.807) is 12.1 Å². The summed E-state index contributed by atoms with van der Waals surface area (Å²) in [6, 6.07) is 5.97. The topological polar surface area (TPSA) is 118 Å². The highest BCUT2D eigenvalue weighted by atomic mass is 16.4. The van der Waals surface area contributed by atoms with Crippen LogP contribution in [0.3, 0.4) is 0 Å². The number of phenols is 1. The highest BCUT2D eigenvalue weighted by Crippen LogP contribution is 2.19. The number of carbonyl (C=O) groups is 2. The molecule has 0 aliphatic rings. The van der Waals surface area contributed by atoms with Crippen molar-refractivity contribution in [2.45, 2.75) is 18.6 Å². The van der Waals surface area contributed by atoms with Gasteiger partial charge in [0, 0.05) is 7.05 Å². The highest BCUT2D eigenvalue weighted by Gasteiger charge is 2.22. The Labute approximate surface area is 115 Å². The summed E-state index contributed by atoms with van der Waals surface area (Å²) >= 11 is 0. The minimum Gasteiger partial charge on any atom is -0.508 e. The van der Waals surface area contributed by atoms with Crippen molar-refractivity contribution in [3.8, 4) is 5.75 Å². The van der Waals surface area contributed by atoms with Crippen LogP contribution >= 0.6 is 0 Å². The van der Waals surface area contributed by atoms with E-state index in [4.69, 9.17) is 10.2 Å². The van der Waals surface area contributed by atoms with E-state index >= 15 is 0 Å². The smallest absolute Gasteiger partial charge is 0.333 e. The molecule has 0 saturated heterocycles. The maximum Gasteiger partial charge on any atom is 0.333 e. The number of aliphatic hydroxyl groups is 2. The molecule has 0 heterocycles. The minimum absolute atomic E-state index is 0.00294. The summed E-state index contributed by atoms with van der Waals surface area (Å²) in [5, 5.41) is 36.8. The summed E-state index contributed by atoms with van der Waals surface area (Å²) in [6.07, 6.45) is -3.33. The third-order valence-electron chi connectivity index (χ3n) is 2.78. The van der Waals surface area contributed by atoms with Crippen LogP contribution in [0.15, 0.2) is 24.3 Å². The largest absolute Gasteiger partial charge is 0.508 e. The molecule has 4 N–H and O–H groups in total. The van der Waals surface area contributed by atoms with E-state index in [0.29, 0.717) is 5.56 Å². The molecule has 0 saturated carbocycles. The molecular weight excluding hydrogens is 266 g/mol. The van der Waals surface area contributed by atoms with E-state index in [0.717, 1.165) is 4.90 Å². The summed E-state index contributed by atoms with van der Waals surface area (Å²) in [4.78, 5) is 23.2. The minimum atomic E-state index is -1.76. The fourth-order valence-electron chi connectivity index (χ4n) is 1.61. The lowest BCUT2D eigenvalue weighted by atomic mass is 10.1. The molecule has 1 rings (SSSR count). The van der Waals surface area contributed by atoms with Crippen molar-refractivity contribution in [3.63, 3.8) is 0 Å². The maximum absolute atomic E-state index is 11.6. The zero-order valence-electron chi connectivity index (χ0n) is 10.9. The molecule has 20 heavy (non-hydrogen) atoms. The maximum atomic E-state index is 11.6. The number of hydrogen-bond donors (Lipinski definition) is 4. The van der Waals surface area contributed by atoms with Crippen molar-refractivity contribution in [3.05, 3.63) is 29.8 Å². The molecule has 1 unspecified atom stereocenters. The van der Waals surface area contributed by atoms with Crippen molar-refractivity contribution in [1.82, 2.24) is 4.90 Å². The van der Waals surface area contributed by atoms with Gasteiger partial charge in [-0.1, -0.05) is 12.1 Å². The molecule has 7 heteroatoms. The number of hydrogen-bond acceptors (Lipinski definition) is 5. The number of benzene rings is 1. The first-order valence-electron chi connectivity index (χ1n) is 5.93. The van der Waals surface area contributed by atoms with Crippen LogP contribution in [0.5, 0.6) is 5.75 Å². The van der Waals surface area contributed by atoms with Gasteiger partial charge < -0.3 is 25.3 Å². The van der Waals surface area contributed by atoms with E-state index in [1.807, 2.05) is 0 Å². The van der Waals surface area contributed by atoms with Crippen LogP contribution in [-0.2, 0) is 9.59 Å². The molecule has 2 atom stereocenters. The number of rotatable bonds is 6. The molecule has 0 radical (unpaired) electrons. The summed E-state index contributed by atoms with van der Waals surface area (Å²) in [6.45, 7) is -0.0748. The number of likely N-dealkylation sites (N-methyl/N-ethyl adjacent to an activating group) is 1. The Balaban J connectivity index is 2.59. The van der Waals surface area contributed by atoms with Gasteiger partial charge in [-0.3, -0.25) is 4.79 Å². The molecule has 0 spiro atoms. The molecule has 1 aromatic rings. The average molecular weight is 283 g/mol. The van der Waals surface area contributed by atoms with E-state index in [2.05, 4.69) is 0 Å². The molecule has 0 aliphatic carbocycles. The van der Waals surface area contributed by atoms with Gasteiger partial charge in [0.05, 0.1) is 19.1 Å². The van der Waals surface area contributed by atoms with Crippen LogP contribution in [0.2, 0.25) is 0 Å². The second kappa shape index (κ2) is 6.88. The third kappa shape index (κ3) is 4.52. The SMILES string of the molecule is CN(C[C@@H](O)c1cccc(O)c1)C(=O)CC(O)C(=O)O. The van der Waals surface area contributed by atoms with Crippen LogP contribution in [0.1, 0.15) is 18.1 Å². The molecule has 0 aromatic heterocycles. The van der Waals surface area contributed by atoms with Gasteiger partial charge in [-0.15, -0.1) is 0 Å². The Kier molecular flexibility index (Phi) is 5.48. The number of nitrogens with zero attached hydrogens (tertiary/aromatic N) is 1. The van der Waals surface area contributed by atoms with Gasteiger partial charge in [-0.05, 0) is 17.7 Å². The zero-order chi connectivity index (χ0) is 15.3. The Morgan fingerprint density at radius 2 is 1.95 bits per heavy atom. The zero-order valence-corrected chi connectivity index (χ0v) is 10.9. The number of aromatic hydroxyl groups is 1. The summed E-state index contributed by atoms with van der Waals surface area (Å²) in [5.74, 6) is -2.07. The molecule has 7 nitrogen and oxygen atoms in total. The monoisotopic (exact) mass is 283 g/mol. The summed E-state index contributed by atoms with van der Waals surface area (Å²) in [5.41, 5.74) is 0.434. The van der Waals surface area contributed by atoms with Crippen LogP contribution < -0.4 is 0 Å². The van der Waals surface area contributed by atoms with Crippen LogP contribution in [0.4, 0.5) is 0 Å². The van der Waals surface area contributed by atoms with Gasteiger partial charge in [0.2, 0.25) is 5.91 Å². The Morgan fingerprint density at radius 3 is 2.50 bits per heavy atom. The van der Waals surface area contributed by atoms with Gasteiger partial charge in [-0.25, -0.2) is 4.79 Å². The number of aliphatic carboxylic acids is 1. The first-order valence-corrected chi connectivity index (χ1v) is 5.93. The van der Waals surface area contributed by atoms with Crippen molar-refractivity contribution < 1.29 is 30.0 Å². The molecular formula is C13H17NO6. The second-order valence-electron chi connectivity index (χ2n) is 4.44. The fourth-order valence-corrected chi connectivity index (χ4v) is 1.61. The van der Waals surface area contributed by atoms with Crippen molar-refractivity contribution in [2.24, 2.45) is 0 Å². The normalized spacial score (nSPS) is 13.6. The lowest BCUT2D eigenvalue weighted by molar-refractivity contribution is -0.151. The second-order valence-corrected chi connectivity index (χ2v) is 4.44. The van der Waals surface area contributed by atoms with Crippen molar-refractivity contribution in [2.75, 3.05) is 13.6 Å². The first kappa shape index (κ1) is 15.9. The number of phenolic OH excluding ortho intramolecular Hbond substituents is 1. The number of carboxylic acids is 1. The number of aliphatic hydroxyl groups excluding tert-OH is 2. The van der Waals surface area contributed by atoms with E-state index in [9.17, 15) is 19.8 Å². The Hall–Kier alpha value is -2.12. The van der Waals surface area contributed by atoms with Gasteiger partial charge in [0.15, 0.2) is 6.10 Å². The first-order chi connectivity index (χ1) is 9.31. The third-order valence-corrected chi connectivity index (χ3v) is 2.78. The fraction of sp³-hybridized carbons (Fsp3) is 0.385. The number of carboxylic acid groups (broad SMARTS) is 1. The Bertz CT molecular complexity index is 490. The lowest BCUT2D eigenvalue weighted by Gasteiger charge is -2.21. The van der Waals surface area contributed by atoms with E-state index in [-0.39, 0.29) is 12.3 Å². The van der Waals surface area contributed by atoms with E-state index in [1.165, 1.54) is 19.2 Å². The molecule has 1 amide bonds. The van der Waals surface area contributed by atoms with Crippen molar-refractivity contribution >= 4 is 11.9 Å². The summed E-state index contributed by atoms with van der Waals surface area (Å²) in [7, 11) is 1.39. The standard InChI is InChI=1S/C13H17NO6/c1-14(12(18)6-10(16)13(19)20)7-11(17)8-3-2-4-9(15)5-8/h2-5,10-11,15-17H,6-7H2,1H3,(H,19,20)/t10?,11-/m1/s1. The average Bonchev–Trinajstić information content (AvgIpc) is 2.38. The predicted molar refractivity (Wildman–Crippen MR) is 69.0 cm³/mol. The summed E-state index contributed by atoms with van der Waals surface area (Å²) < 4.78 is 0. The van der Waals surface area contributed by atoms with Crippen LogP contribution in [-0.4, -0.2) is 56.9 Å². The molecule has 0 aliphatic heterocycles. The van der Waals surface area contributed by atoms with Crippen molar-refractivity contribution in [1.29, 1.82) is 0 Å². The van der Waals surface area contributed by atoms with E-state index < -0.39 is 30.5 Å². The van der Waals surface area contributed by atoms with Gasteiger partial charge in [0.1, 0.15) is 5.75 Å². The Morgan fingerprint density at radius 1 is 1.30 bits per heavy atom. The van der Waals surface area contributed by atoms with Gasteiger partial charge in [-0.2, -0.15) is 0 Å². The van der Waals surface area contributed by atoms with Crippen LogP contribution in [0, 0.1) is 0 Å². The quantitative estimate of drug-likeness (QED) is 0.570. The number of amides is 1. The van der Waals surface area contributed by atoms with Gasteiger partial charge >= 0.3 is 5.97 Å². The molecule has 110 valence electrons. The highest BCUT2D eigenvalue weighted by molar-refractivity contribution is 5.83. The molecule has 1 aromatic carbocycles. The van der Waals surface area contributed by atoms with Gasteiger partial charge in [0.25, 0.3) is 0 Å².